The molecule has 0 bridgehead atoms. The van der Waals surface area contributed by atoms with Crippen molar-refractivity contribution >= 4 is 0 Å². The molecule has 0 aromatic heterocycles. The lowest BCUT2D eigenvalue weighted by Crippen LogP contribution is -2.30. The molecule has 0 heterocycles. The van der Waals surface area contributed by atoms with Crippen LogP contribution in [0.3, 0.4) is 0 Å². The van der Waals surface area contributed by atoms with Crippen LogP contribution >= 0.6 is 0 Å². The largest absolute Gasteiger partial charge is 0.393 e. The monoisotopic (exact) mass is 438 g/mol. The Bertz CT molecular complexity index is 865. The van der Waals surface area contributed by atoms with Gasteiger partial charge in [-0.15, -0.1) is 0 Å². The third kappa shape index (κ3) is 6.01. The van der Waals surface area contributed by atoms with Gasteiger partial charge in [-0.3, -0.25) is 0 Å². The van der Waals surface area contributed by atoms with Gasteiger partial charge in [-0.2, -0.15) is 0 Å². The van der Waals surface area contributed by atoms with Crippen molar-refractivity contribution in [3.63, 3.8) is 0 Å². The Balaban J connectivity index is 1.77. The van der Waals surface area contributed by atoms with Gasteiger partial charge in [-0.25, -0.2) is 0 Å². The third-order valence-corrected chi connectivity index (χ3v) is 7.75. The van der Waals surface area contributed by atoms with Gasteiger partial charge in [0.2, 0.25) is 0 Å². The van der Waals surface area contributed by atoms with Crippen molar-refractivity contribution in [2.75, 3.05) is 0 Å². The molecule has 0 amide bonds. The summed E-state index contributed by atoms with van der Waals surface area (Å²) in [5, 5.41) is 29.3. The molecule has 1 fully saturated rings. The summed E-state index contributed by atoms with van der Waals surface area (Å²) >= 11 is 0. The van der Waals surface area contributed by atoms with Crippen LogP contribution in [0.5, 0.6) is 0 Å². The summed E-state index contributed by atoms with van der Waals surface area (Å²) in [6.07, 6.45) is 9.98. The molecule has 3 nitrogen and oxygen atoms in total. The maximum Gasteiger partial charge on any atom is 0.0685 e. The van der Waals surface area contributed by atoms with Crippen LogP contribution in [0.4, 0.5) is 0 Å². The summed E-state index contributed by atoms with van der Waals surface area (Å²) in [4.78, 5) is 0. The van der Waals surface area contributed by atoms with Crippen molar-refractivity contribution in [3.05, 3.63) is 69.8 Å². The van der Waals surface area contributed by atoms with E-state index in [1.807, 2.05) is 6.07 Å². The van der Waals surface area contributed by atoms with Crippen molar-refractivity contribution in [1.82, 2.24) is 0 Å². The van der Waals surface area contributed by atoms with Gasteiger partial charge in [0.1, 0.15) is 0 Å². The van der Waals surface area contributed by atoms with E-state index in [9.17, 15) is 15.3 Å². The van der Waals surface area contributed by atoms with Gasteiger partial charge in [-0.1, -0.05) is 69.5 Å². The van der Waals surface area contributed by atoms with Crippen LogP contribution in [-0.4, -0.2) is 21.4 Å². The Morgan fingerprint density at radius 2 is 1.53 bits per heavy atom. The lowest BCUT2D eigenvalue weighted by Gasteiger charge is -2.39. The van der Waals surface area contributed by atoms with Crippen LogP contribution in [0, 0.1) is 12.8 Å². The molecule has 3 N–H and O–H groups in total. The molecule has 0 spiro atoms. The van der Waals surface area contributed by atoms with Crippen molar-refractivity contribution in [3.8, 4) is 0 Å². The Labute approximate surface area is 194 Å². The highest BCUT2D eigenvalue weighted by Gasteiger charge is 2.33. The fourth-order valence-electron chi connectivity index (χ4n) is 5.37. The van der Waals surface area contributed by atoms with Crippen LogP contribution in [0.2, 0.25) is 0 Å². The van der Waals surface area contributed by atoms with Crippen molar-refractivity contribution in [2.24, 2.45) is 5.92 Å². The minimum atomic E-state index is -0.236. The molecule has 3 heteroatoms. The second-order valence-electron chi connectivity index (χ2n) is 10.3. The minimum Gasteiger partial charge on any atom is -0.393 e. The van der Waals surface area contributed by atoms with Crippen LogP contribution in [0.25, 0.3) is 0 Å². The molecule has 1 aliphatic rings. The molecule has 2 aromatic rings. The highest BCUT2D eigenvalue weighted by Crippen LogP contribution is 2.43. The average Bonchev–Trinajstić information content (AvgIpc) is 2.82. The van der Waals surface area contributed by atoms with Gasteiger partial charge in [0.05, 0.1) is 19.3 Å². The lowest BCUT2D eigenvalue weighted by molar-refractivity contribution is 0.116. The number of aliphatic hydroxyl groups excluding tert-OH is 3. The standard InChI is InChI=1S/C29H42O3/c1-21(2)28(32)12-10-24-9-11-27(17-22(24)3)29(14-5-4-6-15-29)16-13-23-7-8-25(19-30)26(18-23)20-31/h7-9,11,17-18,21,28,30-32H,4-6,10,12-16,19-20H2,1-3H3. The van der Waals surface area contributed by atoms with Gasteiger partial charge < -0.3 is 15.3 Å². The first-order valence-electron chi connectivity index (χ1n) is 12.5. The number of aliphatic hydroxyl groups is 3. The summed E-state index contributed by atoms with van der Waals surface area (Å²) in [6, 6.07) is 13.2. The van der Waals surface area contributed by atoms with Gasteiger partial charge in [0.25, 0.3) is 0 Å². The molecule has 1 atom stereocenters. The Morgan fingerprint density at radius 3 is 2.16 bits per heavy atom. The van der Waals surface area contributed by atoms with Crippen molar-refractivity contribution in [2.45, 2.75) is 103 Å². The summed E-state index contributed by atoms with van der Waals surface area (Å²) in [5.74, 6) is 0.304. The average molecular weight is 439 g/mol. The second-order valence-corrected chi connectivity index (χ2v) is 10.3. The van der Waals surface area contributed by atoms with E-state index in [0.717, 1.165) is 36.8 Å². The molecular formula is C29H42O3. The first kappa shape index (κ1) is 25.0. The molecule has 0 saturated heterocycles. The maximum absolute atomic E-state index is 10.2. The number of hydrogen-bond donors (Lipinski definition) is 3. The Morgan fingerprint density at radius 1 is 0.844 bits per heavy atom. The van der Waals surface area contributed by atoms with E-state index in [2.05, 4.69) is 51.1 Å². The zero-order valence-corrected chi connectivity index (χ0v) is 20.2. The second kappa shape index (κ2) is 11.4. The van der Waals surface area contributed by atoms with E-state index in [1.165, 1.54) is 54.4 Å². The summed E-state index contributed by atoms with van der Waals surface area (Å²) < 4.78 is 0. The van der Waals surface area contributed by atoms with Crippen molar-refractivity contribution in [1.29, 1.82) is 0 Å². The first-order chi connectivity index (χ1) is 15.4. The highest BCUT2D eigenvalue weighted by molar-refractivity contribution is 5.37. The molecule has 3 rings (SSSR count). The lowest BCUT2D eigenvalue weighted by atomic mass is 9.66. The number of benzene rings is 2. The van der Waals surface area contributed by atoms with E-state index >= 15 is 0 Å². The molecule has 32 heavy (non-hydrogen) atoms. The minimum absolute atomic E-state index is 0.0267. The molecule has 176 valence electrons. The molecule has 0 aliphatic heterocycles. The smallest absolute Gasteiger partial charge is 0.0685 e. The van der Waals surface area contributed by atoms with Crippen molar-refractivity contribution < 1.29 is 15.3 Å². The summed E-state index contributed by atoms with van der Waals surface area (Å²) in [5.41, 5.74) is 7.28. The van der Waals surface area contributed by atoms with Gasteiger partial charge >= 0.3 is 0 Å². The summed E-state index contributed by atoms with van der Waals surface area (Å²) in [6.45, 7) is 6.32. The quantitative estimate of drug-likeness (QED) is 0.442. The Kier molecular flexibility index (Phi) is 8.93. The molecule has 0 radical (unpaired) electrons. The highest BCUT2D eigenvalue weighted by atomic mass is 16.3. The van der Waals surface area contributed by atoms with E-state index in [4.69, 9.17) is 0 Å². The van der Waals surface area contributed by atoms with Crippen LogP contribution in [-0.2, 0) is 31.5 Å². The third-order valence-electron chi connectivity index (χ3n) is 7.75. The van der Waals surface area contributed by atoms with E-state index in [0.29, 0.717) is 5.92 Å². The predicted octanol–water partition coefficient (Wildman–Crippen LogP) is 5.76. The zero-order chi connectivity index (χ0) is 23.1. The molecular weight excluding hydrogens is 396 g/mol. The maximum atomic E-state index is 10.2. The molecule has 1 saturated carbocycles. The van der Waals surface area contributed by atoms with Crippen LogP contribution in [0.1, 0.15) is 92.2 Å². The topological polar surface area (TPSA) is 60.7 Å². The van der Waals surface area contributed by atoms with E-state index < -0.39 is 0 Å². The van der Waals surface area contributed by atoms with Gasteiger partial charge in [0.15, 0.2) is 0 Å². The van der Waals surface area contributed by atoms with Crippen LogP contribution < -0.4 is 0 Å². The van der Waals surface area contributed by atoms with E-state index in [-0.39, 0.29) is 24.7 Å². The first-order valence-corrected chi connectivity index (χ1v) is 12.5. The normalized spacial score (nSPS) is 17.0. The van der Waals surface area contributed by atoms with E-state index in [1.54, 1.807) is 0 Å². The number of aryl methyl sites for hydroxylation is 3. The fourth-order valence-corrected chi connectivity index (χ4v) is 5.37. The predicted molar refractivity (Wildman–Crippen MR) is 132 cm³/mol. The molecule has 1 aliphatic carbocycles. The fraction of sp³-hybridized carbons (Fsp3) is 0.586. The Hall–Kier alpha value is -1.68. The van der Waals surface area contributed by atoms with Gasteiger partial charge in [0, 0.05) is 0 Å². The zero-order valence-electron chi connectivity index (χ0n) is 20.2. The SMILES string of the molecule is Cc1cc(C2(CCc3ccc(CO)c(CO)c3)CCCCC2)ccc1CCC(O)C(C)C. The molecule has 1 unspecified atom stereocenters. The number of rotatable bonds is 10. The molecule has 2 aromatic carbocycles. The summed E-state index contributed by atoms with van der Waals surface area (Å²) in [7, 11) is 0. The van der Waals surface area contributed by atoms with Gasteiger partial charge in [-0.05, 0) is 90.2 Å². The number of hydrogen-bond acceptors (Lipinski definition) is 3. The van der Waals surface area contributed by atoms with Crippen LogP contribution in [0.15, 0.2) is 36.4 Å².